The predicted octanol–water partition coefficient (Wildman–Crippen LogP) is 5.24. The lowest BCUT2D eigenvalue weighted by Crippen LogP contribution is -2.57. The van der Waals surface area contributed by atoms with Crippen LogP contribution in [0, 0.1) is 5.41 Å². The van der Waals surface area contributed by atoms with Gasteiger partial charge in [-0.1, -0.05) is 88.1 Å². The number of thioether (sulfide) groups is 1. The van der Waals surface area contributed by atoms with Crippen molar-refractivity contribution < 1.29 is 37.8 Å². The van der Waals surface area contributed by atoms with Crippen LogP contribution < -0.4 is 20.3 Å². The van der Waals surface area contributed by atoms with Crippen LogP contribution in [0.2, 0.25) is 0 Å². The summed E-state index contributed by atoms with van der Waals surface area (Å²) in [6.45, 7) is 3.29. The topological polar surface area (TPSA) is 162 Å². The Morgan fingerprint density at radius 2 is 1.59 bits per heavy atom. The molecule has 11 nitrogen and oxygen atoms in total. The second-order valence-corrected chi connectivity index (χ2v) is 15.2. The largest absolute Gasteiger partial charge is 0.483 e. The maximum absolute atomic E-state index is 14.3. The van der Waals surface area contributed by atoms with Gasteiger partial charge in [-0.3, -0.25) is 14.4 Å². The number of anilines is 2. The van der Waals surface area contributed by atoms with E-state index in [1.54, 1.807) is 24.3 Å². The molecule has 1 aliphatic heterocycles. The van der Waals surface area contributed by atoms with Gasteiger partial charge in [0.25, 0.3) is 11.8 Å². The first-order valence-corrected chi connectivity index (χ1v) is 19.2. The van der Waals surface area contributed by atoms with Gasteiger partial charge in [-0.05, 0) is 37.3 Å². The summed E-state index contributed by atoms with van der Waals surface area (Å²) in [5, 5.41) is 24.7. The van der Waals surface area contributed by atoms with Crippen LogP contribution in [0.1, 0.15) is 57.9 Å². The van der Waals surface area contributed by atoms with E-state index in [-0.39, 0.29) is 22.0 Å². The molecule has 0 spiro atoms. The van der Waals surface area contributed by atoms with Crippen LogP contribution in [0.25, 0.3) is 0 Å². The number of rotatable bonds is 16. The van der Waals surface area contributed by atoms with Crippen LogP contribution in [-0.4, -0.2) is 68.1 Å². The van der Waals surface area contributed by atoms with Gasteiger partial charge < -0.3 is 30.5 Å². The quantitative estimate of drug-likeness (QED) is 0.114. The zero-order valence-electron chi connectivity index (χ0n) is 28.1. The number of para-hydroxylation sites is 1. The molecule has 4 N–H and O–H groups in total. The van der Waals surface area contributed by atoms with E-state index in [0.29, 0.717) is 17.1 Å². The number of ether oxygens (including phenoxy) is 1. The van der Waals surface area contributed by atoms with Gasteiger partial charge in [-0.25, -0.2) is 8.42 Å². The molecule has 0 unspecified atom stereocenters. The number of carbonyl (C=O) groups is 3. The molecule has 0 saturated carbocycles. The highest BCUT2D eigenvalue weighted by molar-refractivity contribution is 7.98. The molecule has 0 aliphatic carbocycles. The number of nitrogens with zero attached hydrogens (tertiary/aromatic N) is 1. The molecule has 1 atom stereocenters. The summed E-state index contributed by atoms with van der Waals surface area (Å²) in [7, 11) is -3.84. The lowest BCUT2D eigenvalue weighted by atomic mass is 9.79. The zero-order chi connectivity index (χ0) is 35.7. The monoisotopic (exact) mass is 711 g/mol. The van der Waals surface area contributed by atoms with Crippen molar-refractivity contribution in [2.24, 2.45) is 5.41 Å². The Bertz CT molecular complexity index is 1710. The number of hydrogen-bond acceptors (Lipinski definition) is 9. The van der Waals surface area contributed by atoms with Gasteiger partial charge in [-0.15, -0.1) is 11.8 Å². The number of aliphatic hydroxyl groups is 1. The summed E-state index contributed by atoms with van der Waals surface area (Å²) in [5.41, 5.74) is -1.67. The molecule has 1 aliphatic rings. The van der Waals surface area contributed by atoms with Gasteiger partial charge in [0.2, 0.25) is 5.72 Å². The average Bonchev–Trinajstić information content (AvgIpc) is 3.19. The number of carboxylic acids is 1. The Hall–Kier alpha value is -4.07. The Kier molecular flexibility index (Phi) is 12.8. The molecule has 49 heavy (non-hydrogen) atoms. The fraction of sp³-hybridized carbons (Fsp3) is 0.417. The van der Waals surface area contributed by atoms with Crippen molar-refractivity contribution in [1.82, 2.24) is 10.6 Å². The Morgan fingerprint density at radius 1 is 0.980 bits per heavy atom. The van der Waals surface area contributed by atoms with E-state index >= 15 is 0 Å². The summed E-state index contributed by atoms with van der Waals surface area (Å²) in [4.78, 5) is 40.0. The van der Waals surface area contributed by atoms with Crippen LogP contribution in [0.3, 0.4) is 0 Å². The van der Waals surface area contributed by atoms with E-state index in [1.165, 1.54) is 30.0 Å². The normalized spacial score (nSPS) is 16.0. The maximum Gasteiger partial charge on any atom is 0.322 e. The van der Waals surface area contributed by atoms with Crippen molar-refractivity contribution in [2.45, 2.75) is 67.9 Å². The van der Waals surface area contributed by atoms with Crippen LogP contribution in [-0.2, 0) is 29.9 Å². The van der Waals surface area contributed by atoms with Crippen molar-refractivity contribution in [2.75, 3.05) is 36.6 Å². The Morgan fingerprint density at radius 3 is 2.16 bits per heavy atom. The molecule has 0 fully saturated rings. The van der Waals surface area contributed by atoms with E-state index in [4.69, 9.17) is 9.84 Å². The maximum atomic E-state index is 14.3. The molecule has 0 saturated heterocycles. The predicted molar refractivity (Wildman–Crippen MR) is 190 cm³/mol. The number of aliphatic carboxylic acids is 1. The molecule has 3 aromatic carbocycles. The minimum Gasteiger partial charge on any atom is -0.483 e. The summed E-state index contributed by atoms with van der Waals surface area (Å²) in [5.74, 6) is -3.24. The summed E-state index contributed by atoms with van der Waals surface area (Å²) in [6.07, 6.45) is 7.06. The molecular formula is C36H45N3O8S2. The second-order valence-electron chi connectivity index (χ2n) is 12.3. The standard InChI is InChI=1S/C36H45N3O8S2/c1-4-6-18-35(19-7-5-2)24-39(27-16-12-9-13-17-27)28-20-30(48-3)29(21-31(28)49(45,46)25-35)47-23-32(40)38-36(44,26-14-10-8-11-15-26)34(43)37-22-33(41)42/h8-17,20-21,44H,4-7,18-19,22-25H2,1-3H3,(H,37,43)(H,38,40)(H,41,42)/t36-/m1/s1. The van der Waals surface area contributed by atoms with E-state index in [1.807, 2.05) is 36.6 Å². The first-order valence-electron chi connectivity index (χ1n) is 16.4. The number of nitrogens with one attached hydrogen (secondary N) is 2. The minimum atomic E-state index is -3.84. The molecule has 0 bridgehead atoms. The van der Waals surface area contributed by atoms with Gasteiger partial charge in [0, 0.05) is 29.3 Å². The van der Waals surface area contributed by atoms with Crippen LogP contribution in [0.4, 0.5) is 11.4 Å². The van der Waals surface area contributed by atoms with E-state index in [2.05, 4.69) is 29.4 Å². The first kappa shape index (κ1) is 37.7. The molecule has 4 rings (SSSR count). The van der Waals surface area contributed by atoms with E-state index in [9.17, 15) is 27.9 Å². The zero-order valence-corrected chi connectivity index (χ0v) is 29.7. The number of carboxylic acid groups (broad SMARTS) is 1. The lowest BCUT2D eigenvalue weighted by molar-refractivity contribution is -0.152. The summed E-state index contributed by atoms with van der Waals surface area (Å²) in [6, 6.07) is 20.5. The van der Waals surface area contributed by atoms with Gasteiger partial charge >= 0.3 is 5.97 Å². The van der Waals surface area contributed by atoms with Crippen molar-refractivity contribution >= 4 is 50.8 Å². The van der Waals surface area contributed by atoms with E-state index in [0.717, 1.165) is 44.2 Å². The third kappa shape index (κ3) is 9.14. The van der Waals surface area contributed by atoms with Crippen molar-refractivity contribution in [3.63, 3.8) is 0 Å². The smallest absolute Gasteiger partial charge is 0.322 e. The van der Waals surface area contributed by atoms with Crippen molar-refractivity contribution in [1.29, 1.82) is 0 Å². The van der Waals surface area contributed by atoms with Crippen LogP contribution >= 0.6 is 11.8 Å². The van der Waals surface area contributed by atoms with Crippen molar-refractivity contribution in [3.05, 3.63) is 78.4 Å². The number of unbranched alkanes of at least 4 members (excludes halogenated alkanes) is 2. The van der Waals surface area contributed by atoms with E-state index < -0.39 is 51.9 Å². The van der Waals surface area contributed by atoms with Gasteiger partial charge in [0.05, 0.1) is 21.2 Å². The fourth-order valence-electron chi connectivity index (χ4n) is 6.18. The molecule has 0 radical (unpaired) electrons. The number of sulfone groups is 1. The lowest BCUT2D eigenvalue weighted by Gasteiger charge is -2.37. The molecule has 1 heterocycles. The molecule has 264 valence electrons. The van der Waals surface area contributed by atoms with Gasteiger partial charge in [-0.2, -0.15) is 0 Å². The molecule has 3 aromatic rings. The Labute approximate surface area is 292 Å². The SMILES string of the molecule is CCCCC1(CCCC)CN(c2ccccc2)c2cc(SC)c(OCC(=O)N[C@](O)(C(=O)NCC(=O)O)c3ccccc3)cc2S(=O)(=O)C1. The number of amides is 2. The van der Waals surface area contributed by atoms with Crippen molar-refractivity contribution in [3.8, 4) is 5.75 Å². The highest BCUT2D eigenvalue weighted by Gasteiger charge is 2.43. The first-order chi connectivity index (χ1) is 23.4. The summed E-state index contributed by atoms with van der Waals surface area (Å²) < 4.78 is 34.6. The second kappa shape index (κ2) is 16.6. The minimum absolute atomic E-state index is 0.00259. The summed E-state index contributed by atoms with van der Waals surface area (Å²) >= 11 is 1.33. The third-order valence-electron chi connectivity index (χ3n) is 8.65. The van der Waals surface area contributed by atoms with Gasteiger partial charge in [0.15, 0.2) is 16.4 Å². The molecular weight excluding hydrogens is 667 g/mol. The van der Waals surface area contributed by atoms with Crippen LogP contribution in [0.15, 0.2) is 82.6 Å². The highest BCUT2D eigenvalue weighted by atomic mass is 32.2. The fourth-order valence-corrected chi connectivity index (χ4v) is 8.85. The third-order valence-corrected chi connectivity index (χ3v) is 11.4. The molecule has 2 amide bonds. The molecule has 13 heteroatoms. The van der Waals surface area contributed by atoms with Gasteiger partial charge in [0.1, 0.15) is 12.3 Å². The van der Waals surface area contributed by atoms with Crippen LogP contribution in [0.5, 0.6) is 5.75 Å². The number of hydrogen-bond donors (Lipinski definition) is 4. The highest BCUT2D eigenvalue weighted by Crippen LogP contribution is 2.47. The number of carbonyl (C=O) groups excluding carboxylic acids is 2. The average molecular weight is 712 g/mol. The Balaban J connectivity index is 1.71. The molecule has 0 aromatic heterocycles. The number of benzene rings is 3. The number of fused-ring (bicyclic) bond motifs is 1.